The van der Waals surface area contributed by atoms with E-state index < -0.39 is 10.0 Å². The average molecular weight is 351 g/mol. The van der Waals surface area contributed by atoms with Crippen LogP contribution in [0, 0.1) is 0 Å². The summed E-state index contributed by atoms with van der Waals surface area (Å²) in [5.41, 5.74) is 0.439. The summed E-state index contributed by atoms with van der Waals surface area (Å²) < 4.78 is 27.8. The van der Waals surface area contributed by atoms with Gasteiger partial charge in [-0.1, -0.05) is 18.9 Å². The lowest BCUT2D eigenvalue weighted by Crippen LogP contribution is -2.47. The minimum absolute atomic E-state index is 0.0204. The summed E-state index contributed by atoms with van der Waals surface area (Å²) in [7, 11) is -1.54. The number of carbonyl (C=O) groups excluding carboxylic acids is 1. The van der Waals surface area contributed by atoms with Gasteiger partial charge in [-0.05, 0) is 38.1 Å². The van der Waals surface area contributed by atoms with Gasteiger partial charge in [0.1, 0.15) is 0 Å². The molecule has 0 spiro atoms. The third-order valence-electron chi connectivity index (χ3n) is 4.86. The first kappa shape index (κ1) is 17.4. The van der Waals surface area contributed by atoms with E-state index in [-0.39, 0.29) is 16.8 Å². The maximum atomic E-state index is 12.6. The van der Waals surface area contributed by atoms with Gasteiger partial charge < -0.3 is 9.80 Å². The lowest BCUT2D eigenvalue weighted by molar-refractivity contribution is 0.0664. The zero-order chi connectivity index (χ0) is 17.2. The van der Waals surface area contributed by atoms with E-state index in [1.165, 1.54) is 6.07 Å². The van der Waals surface area contributed by atoms with E-state index in [2.05, 4.69) is 9.62 Å². The molecule has 1 aromatic carbocycles. The molecule has 1 amide bonds. The molecule has 3 rings (SSSR count). The van der Waals surface area contributed by atoms with Crippen LogP contribution in [0.5, 0.6) is 0 Å². The molecule has 0 unspecified atom stereocenters. The lowest BCUT2D eigenvalue weighted by atomic mass is 10.2. The van der Waals surface area contributed by atoms with Crippen molar-refractivity contribution in [2.24, 2.45) is 0 Å². The van der Waals surface area contributed by atoms with Crippen molar-refractivity contribution in [1.29, 1.82) is 0 Å². The van der Waals surface area contributed by atoms with Crippen LogP contribution in [-0.2, 0) is 10.0 Å². The number of nitrogens with zero attached hydrogens (tertiary/aromatic N) is 2. The third-order valence-corrected chi connectivity index (χ3v) is 6.38. The van der Waals surface area contributed by atoms with Crippen molar-refractivity contribution < 1.29 is 13.2 Å². The molecule has 1 heterocycles. The Morgan fingerprint density at radius 1 is 1.12 bits per heavy atom. The average Bonchev–Trinajstić information content (AvgIpc) is 3.07. The predicted molar refractivity (Wildman–Crippen MR) is 92.4 cm³/mol. The number of likely N-dealkylation sites (N-methyl/N-ethyl adjacent to an activating group) is 1. The van der Waals surface area contributed by atoms with Crippen LogP contribution in [-0.4, -0.2) is 63.4 Å². The molecule has 1 aliphatic heterocycles. The van der Waals surface area contributed by atoms with Gasteiger partial charge in [-0.3, -0.25) is 4.79 Å². The quantitative estimate of drug-likeness (QED) is 0.888. The van der Waals surface area contributed by atoms with Crippen LogP contribution in [0.2, 0.25) is 0 Å². The van der Waals surface area contributed by atoms with Crippen molar-refractivity contribution in [1.82, 2.24) is 14.5 Å². The Hall–Kier alpha value is -1.44. The summed E-state index contributed by atoms with van der Waals surface area (Å²) in [6.45, 7) is 3.03. The van der Waals surface area contributed by atoms with E-state index in [0.717, 1.165) is 38.8 Å². The highest BCUT2D eigenvalue weighted by molar-refractivity contribution is 7.89. The van der Waals surface area contributed by atoms with Crippen molar-refractivity contribution in [2.45, 2.75) is 36.6 Å². The summed E-state index contributed by atoms with van der Waals surface area (Å²) >= 11 is 0. The van der Waals surface area contributed by atoms with Crippen molar-refractivity contribution in [3.8, 4) is 0 Å². The molecule has 2 aliphatic rings. The Balaban J connectivity index is 1.74. The Labute approximate surface area is 143 Å². The number of carbonyl (C=O) groups is 1. The fourth-order valence-electron chi connectivity index (χ4n) is 3.32. The van der Waals surface area contributed by atoms with E-state index in [4.69, 9.17) is 0 Å². The van der Waals surface area contributed by atoms with Gasteiger partial charge in [-0.15, -0.1) is 0 Å². The molecule has 1 aromatic rings. The molecule has 0 radical (unpaired) electrons. The van der Waals surface area contributed by atoms with Gasteiger partial charge in [0.05, 0.1) is 4.90 Å². The van der Waals surface area contributed by atoms with E-state index in [9.17, 15) is 13.2 Å². The van der Waals surface area contributed by atoms with Crippen LogP contribution in [0.25, 0.3) is 0 Å². The molecule has 2 fully saturated rings. The van der Waals surface area contributed by atoms with Crippen LogP contribution in [0.3, 0.4) is 0 Å². The SMILES string of the molecule is CN1CCN(C(=O)c2cccc(S(=O)(=O)NC3CCCC3)c2)CC1. The normalized spacial score (nSPS) is 20.5. The predicted octanol–water partition coefficient (Wildman–Crippen LogP) is 1.30. The molecule has 1 saturated carbocycles. The van der Waals surface area contributed by atoms with Gasteiger partial charge in [0.15, 0.2) is 0 Å². The highest BCUT2D eigenvalue weighted by Gasteiger charge is 2.25. The summed E-state index contributed by atoms with van der Waals surface area (Å²) in [5.74, 6) is -0.0963. The number of amides is 1. The molecule has 7 heteroatoms. The van der Waals surface area contributed by atoms with E-state index in [1.54, 1.807) is 23.1 Å². The minimum Gasteiger partial charge on any atom is -0.336 e. The number of sulfonamides is 1. The van der Waals surface area contributed by atoms with Gasteiger partial charge in [0.25, 0.3) is 5.91 Å². The smallest absolute Gasteiger partial charge is 0.253 e. The molecule has 1 N–H and O–H groups in total. The van der Waals surface area contributed by atoms with Gasteiger partial charge in [0.2, 0.25) is 10.0 Å². The first-order valence-corrected chi connectivity index (χ1v) is 10.0. The first-order chi connectivity index (χ1) is 11.5. The molecule has 0 atom stereocenters. The van der Waals surface area contributed by atoms with Crippen molar-refractivity contribution >= 4 is 15.9 Å². The monoisotopic (exact) mass is 351 g/mol. The molecule has 24 heavy (non-hydrogen) atoms. The lowest BCUT2D eigenvalue weighted by Gasteiger charge is -2.32. The van der Waals surface area contributed by atoms with Gasteiger partial charge in [-0.2, -0.15) is 0 Å². The maximum Gasteiger partial charge on any atom is 0.253 e. The molecule has 1 saturated heterocycles. The Morgan fingerprint density at radius 2 is 1.79 bits per heavy atom. The highest BCUT2D eigenvalue weighted by atomic mass is 32.2. The molecular formula is C17H25N3O3S. The third kappa shape index (κ3) is 3.96. The van der Waals surface area contributed by atoms with Gasteiger partial charge >= 0.3 is 0 Å². The van der Waals surface area contributed by atoms with Crippen LogP contribution >= 0.6 is 0 Å². The fourth-order valence-corrected chi connectivity index (χ4v) is 4.67. The second kappa shape index (κ2) is 7.21. The van der Waals surface area contributed by atoms with Crippen LogP contribution < -0.4 is 4.72 Å². The summed E-state index contributed by atoms with van der Waals surface area (Å²) in [6, 6.07) is 6.41. The Morgan fingerprint density at radius 3 is 2.46 bits per heavy atom. The number of hydrogen-bond acceptors (Lipinski definition) is 4. The molecule has 1 aliphatic carbocycles. The standard InChI is InChI=1S/C17H25N3O3S/c1-19-9-11-20(12-10-19)17(21)14-5-4-8-16(13-14)24(22,23)18-15-6-2-3-7-15/h4-5,8,13,15,18H,2-3,6-7,9-12H2,1H3. The maximum absolute atomic E-state index is 12.6. The molecule has 0 aromatic heterocycles. The molecule has 132 valence electrons. The summed E-state index contributed by atoms with van der Waals surface area (Å²) in [4.78, 5) is 16.8. The molecule has 6 nitrogen and oxygen atoms in total. The summed E-state index contributed by atoms with van der Waals surface area (Å²) in [5, 5.41) is 0. The van der Waals surface area contributed by atoms with Crippen molar-refractivity contribution in [2.75, 3.05) is 33.2 Å². The second-order valence-corrected chi connectivity index (χ2v) is 8.44. The zero-order valence-corrected chi connectivity index (χ0v) is 14.9. The van der Waals surface area contributed by atoms with Gasteiger partial charge in [0, 0.05) is 37.8 Å². The zero-order valence-electron chi connectivity index (χ0n) is 14.1. The Kier molecular flexibility index (Phi) is 5.22. The molecular weight excluding hydrogens is 326 g/mol. The first-order valence-electron chi connectivity index (χ1n) is 8.56. The molecule has 0 bridgehead atoms. The van der Waals surface area contributed by atoms with E-state index in [1.807, 2.05) is 7.05 Å². The topological polar surface area (TPSA) is 69.7 Å². The largest absolute Gasteiger partial charge is 0.336 e. The van der Waals surface area contributed by atoms with E-state index in [0.29, 0.717) is 18.7 Å². The van der Waals surface area contributed by atoms with Crippen molar-refractivity contribution in [3.63, 3.8) is 0 Å². The fraction of sp³-hybridized carbons (Fsp3) is 0.588. The Bertz CT molecular complexity index is 691. The summed E-state index contributed by atoms with van der Waals surface area (Å²) in [6.07, 6.45) is 3.91. The number of hydrogen-bond donors (Lipinski definition) is 1. The van der Waals surface area contributed by atoms with Crippen molar-refractivity contribution in [3.05, 3.63) is 29.8 Å². The second-order valence-electron chi connectivity index (χ2n) is 6.73. The van der Waals surface area contributed by atoms with E-state index >= 15 is 0 Å². The highest BCUT2D eigenvalue weighted by Crippen LogP contribution is 2.21. The van der Waals surface area contributed by atoms with Crippen LogP contribution in [0.15, 0.2) is 29.2 Å². The van der Waals surface area contributed by atoms with Crippen LogP contribution in [0.4, 0.5) is 0 Å². The van der Waals surface area contributed by atoms with Gasteiger partial charge in [-0.25, -0.2) is 13.1 Å². The number of nitrogens with one attached hydrogen (secondary N) is 1. The van der Waals surface area contributed by atoms with Crippen LogP contribution in [0.1, 0.15) is 36.0 Å². The minimum atomic E-state index is -3.57. The number of piperazine rings is 1. The number of rotatable bonds is 4. The number of benzene rings is 1.